The van der Waals surface area contributed by atoms with Crippen LogP contribution in [0.5, 0.6) is 0 Å². The van der Waals surface area contributed by atoms with Crippen LogP contribution in [-0.2, 0) is 0 Å². The largest absolute Gasteiger partial charge is 0.0628 e. The molecule has 0 heteroatoms. The Balaban J connectivity index is 1.72. The standard InChI is InChI=1S/C13H24/c1-10(2)4-5-11-6-7-13(3)9-12(13)8-11/h10-12H,4-9H2,1-3H3. The van der Waals surface area contributed by atoms with Crippen molar-refractivity contribution in [3.8, 4) is 0 Å². The molecule has 0 aromatic heterocycles. The van der Waals surface area contributed by atoms with Crippen molar-refractivity contribution < 1.29 is 0 Å². The lowest BCUT2D eigenvalue weighted by Crippen LogP contribution is -2.14. The number of hydrogen-bond acceptors (Lipinski definition) is 0. The predicted molar refractivity (Wildman–Crippen MR) is 57.6 cm³/mol. The van der Waals surface area contributed by atoms with Crippen molar-refractivity contribution in [1.29, 1.82) is 0 Å². The molecule has 0 aromatic rings. The topological polar surface area (TPSA) is 0 Å². The van der Waals surface area contributed by atoms with E-state index < -0.39 is 0 Å². The minimum Gasteiger partial charge on any atom is -0.0628 e. The van der Waals surface area contributed by atoms with E-state index in [1.165, 1.54) is 25.7 Å². The number of fused-ring (bicyclic) bond motifs is 1. The predicted octanol–water partition coefficient (Wildman–Crippen LogP) is 4.25. The van der Waals surface area contributed by atoms with Crippen LogP contribution < -0.4 is 0 Å². The lowest BCUT2D eigenvalue weighted by Gasteiger charge is -2.26. The Morgan fingerprint density at radius 3 is 2.77 bits per heavy atom. The lowest BCUT2D eigenvalue weighted by molar-refractivity contribution is 0.256. The van der Waals surface area contributed by atoms with E-state index in [0.29, 0.717) is 0 Å². The summed E-state index contributed by atoms with van der Waals surface area (Å²) in [6.07, 6.45) is 9.12. The molecule has 0 N–H and O–H groups in total. The van der Waals surface area contributed by atoms with E-state index in [1.54, 1.807) is 12.8 Å². The fraction of sp³-hybridized carbons (Fsp3) is 1.00. The average molecular weight is 180 g/mol. The van der Waals surface area contributed by atoms with Crippen LogP contribution in [0.15, 0.2) is 0 Å². The van der Waals surface area contributed by atoms with Crippen LogP contribution in [0.25, 0.3) is 0 Å². The third kappa shape index (κ3) is 2.08. The van der Waals surface area contributed by atoms with E-state index in [4.69, 9.17) is 0 Å². The second-order valence-electron chi connectivity index (χ2n) is 6.17. The van der Waals surface area contributed by atoms with Gasteiger partial charge in [-0.25, -0.2) is 0 Å². The van der Waals surface area contributed by atoms with Crippen molar-refractivity contribution in [2.45, 2.75) is 59.3 Å². The molecule has 0 radical (unpaired) electrons. The maximum Gasteiger partial charge on any atom is -0.0294 e. The van der Waals surface area contributed by atoms with Gasteiger partial charge < -0.3 is 0 Å². The Hall–Kier alpha value is 0. The van der Waals surface area contributed by atoms with Crippen LogP contribution in [0.2, 0.25) is 0 Å². The molecule has 2 aliphatic carbocycles. The molecule has 0 spiro atoms. The average Bonchev–Trinajstić information content (AvgIpc) is 2.72. The SMILES string of the molecule is CC(C)CCC1CCC2(C)CC2C1. The molecule has 3 unspecified atom stereocenters. The molecule has 0 amide bonds. The molecule has 3 atom stereocenters. The van der Waals surface area contributed by atoms with E-state index in [9.17, 15) is 0 Å². The van der Waals surface area contributed by atoms with E-state index in [0.717, 1.165) is 23.2 Å². The molecule has 0 aliphatic heterocycles. The van der Waals surface area contributed by atoms with E-state index >= 15 is 0 Å². The Bertz CT molecular complexity index is 182. The van der Waals surface area contributed by atoms with Crippen LogP contribution in [0.1, 0.15) is 59.3 Å². The van der Waals surface area contributed by atoms with Crippen LogP contribution in [0, 0.1) is 23.2 Å². The maximum absolute atomic E-state index is 2.50. The minimum absolute atomic E-state index is 0.814. The number of hydrogen-bond donors (Lipinski definition) is 0. The highest BCUT2D eigenvalue weighted by Gasteiger charge is 2.52. The van der Waals surface area contributed by atoms with E-state index in [-0.39, 0.29) is 0 Å². The Kier molecular flexibility index (Phi) is 2.42. The molecule has 0 aromatic carbocycles. The van der Waals surface area contributed by atoms with Gasteiger partial charge in [0.2, 0.25) is 0 Å². The summed E-state index contributed by atoms with van der Waals surface area (Å²) in [7, 11) is 0. The summed E-state index contributed by atoms with van der Waals surface area (Å²) in [4.78, 5) is 0. The molecule has 0 heterocycles. The monoisotopic (exact) mass is 180 g/mol. The third-order valence-corrected chi connectivity index (χ3v) is 4.43. The van der Waals surface area contributed by atoms with E-state index in [2.05, 4.69) is 20.8 Å². The zero-order valence-electron chi connectivity index (χ0n) is 9.47. The molecule has 0 bridgehead atoms. The second-order valence-corrected chi connectivity index (χ2v) is 6.17. The van der Waals surface area contributed by atoms with Crippen molar-refractivity contribution >= 4 is 0 Å². The van der Waals surface area contributed by atoms with Crippen molar-refractivity contribution in [2.24, 2.45) is 23.2 Å². The van der Waals surface area contributed by atoms with Crippen LogP contribution >= 0.6 is 0 Å². The van der Waals surface area contributed by atoms with Gasteiger partial charge in [-0.05, 0) is 48.9 Å². The van der Waals surface area contributed by atoms with Crippen molar-refractivity contribution in [1.82, 2.24) is 0 Å². The molecular weight excluding hydrogens is 156 g/mol. The Labute approximate surface area is 83.1 Å². The summed E-state index contributed by atoms with van der Waals surface area (Å²) in [5, 5.41) is 0. The molecule has 13 heavy (non-hydrogen) atoms. The molecule has 0 nitrogen and oxygen atoms in total. The Morgan fingerprint density at radius 1 is 1.38 bits per heavy atom. The summed E-state index contributed by atoms with van der Waals surface area (Å²) in [5.74, 6) is 3.12. The summed E-state index contributed by atoms with van der Waals surface area (Å²) in [5.41, 5.74) is 0.814. The van der Waals surface area contributed by atoms with Gasteiger partial charge in [-0.3, -0.25) is 0 Å². The summed E-state index contributed by atoms with van der Waals surface area (Å²) >= 11 is 0. The summed E-state index contributed by atoms with van der Waals surface area (Å²) in [6.45, 7) is 7.20. The van der Waals surface area contributed by atoms with Gasteiger partial charge in [-0.1, -0.05) is 33.6 Å². The normalized spacial score (nSPS) is 43.4. The van der Waals surface area contributed by atoms with Crippen LogP contribution in [-0.4, -0.2) is 0 Å². The molecule has 2 fully saturated rings. The van der Waals surface area contributed by atoms with Gasteiger partial charge in [0.1, 0.15) is 0 Å². The zero-order chi connectivity index (χ0) is 9.47. The third-order valence-electron chi connectivity index (χ3n) is 4.43. The molecule has 2 saturated carbocycles. The molecule has 2 rings (SSSR count). The van der Waals surface area contributed by atoms with Gasteiger partial charge in [-0.2, -0.15) is 0 Å². The smallest absolute Gasteiger partial charge is 0.0294 e. The zero-order valence-corrected chi connectivity index (χ0v) is 9.47. The van der Waals surface area contributed by atoms with Gasteiger partial charge in [0.15, 0.2) is 0 Å². The highest BCUT2D eigenvalue weighted by molar-refractivity contribution is 5.02. The van der Waals surface area contributed by atoms with Crippen LogP contribution in [0.3, 0.4) is 0 Å². The van der Waals surface area contributed by atoms with E-state index in [1.807, 2.05) is 0 Å². The highest BCUT2D eigenvalue weighted by Crippen LogP contribution is 2.62. The van der Waals surface area contributed by atoms with Gasteiger partial charge in [-0.15, -0.1) is 0 Å². The van der Waals surface area contributed by atoms with Gasteiger partial charge in [0, 0.05) is 0 Å². The molecule has 0 saturated heterocycles. The van der Waals surface area contributed by atoms with Crippen molar-refractivity contribution in [2.75, 3.05) is 0 Å². The lowest BCUT2D eigenvalue weighted by atomic mass is 9.80. The number of rotatable bonds is 3. The minimum atomic E-state index is 0.814. The first-order valence-electron chi connectivity index (χ1n) is 6.10. The summed E-state index contributed by atoms with van der Waals surface area (Å²) < 4.78 is 0. The Morgan fingerprint density at radius 2 is 2.15 bits per heavy atom. The fourth-order valence-corrected chi connectivity index (χ4v) is 3.06. The van der Waals surface area contributed by atoms with Gasteiger partial charge in [0.05, 0.1) is 0 Å². The van der Waals surface area contributed by atoms with Gasteiger partial charge >= 0.3 is 0 Å². The summed E-state index contributed by atoms with van der Waals surface area (Å²) in [6, 6.07) is 0. The quantitative estimate of drug-likeness (QED) is 0.609. The molecule has 2 aliphatic rings. The van der Waals surface area contributed by atoms with Crippen LogP contribution in [0.4, 0.5) is 0 Å². The molecule has 76 valence electrons. The first-order valence-corrected chi connectivity index (χ1v) is 6.10. The highest BCUT2D eigenvalue weighted by atomic mass is 14.6. The fourth-order valence-electron chi connectivity index (χ4n) is 3.06. The van der Waals surface area contributed by atoms with Gasteiger partial charge in [0.25, 0.3) is 0 Å². The maximum atomic E-state index is 2.50. The van der Waals surface area contributed by atoms with Crippen molar-refractivity contribution in [3.63, 3.8) is 0 Å². The first kappa shape index (κ1) is 9.55. The first-order chi connectivity index (χ1) is 6.10. The second kappa shape index (κ2) is 3.29. The van der Waals surface area contributed by atoms with Crippen molar-refractivity contribution in [3.05, 3.63) is 0 Å². The molecular formula is C13H24.